The molecule has 1 saturated heterocycles. The molecule has 1 fully saturated rings. The number of anilines is 1. The lowest BCUT2D eigenvalue weighted by atomic mass is 9.60. The van der Waals surface area contributed by atoms with Gasteiger partial charge in [0.1, 0.15) is 13.7 Å². The second-order valence-electron chi connectivity index (χ2n) is 7.07. The number of rotatable bonds is 4. The van der Waals surface area contributed by atoms with Crippen molar-refractivity contribution >= 4 is 25.2 Å². The summed E-state index contributed by atoms with van der Waals surface area (Å²) in [5.41, 5.74) is 5.41. The highest BCUT2D eigenvalue weighted by Gasteiger charge is 2.29. The Balaban J connectivity index is 1.84. The molecule has 3 rings (SSSR count). The summed E-state index contributed by atoms with van der Waals surface area (Å²) in [6, 6.07) is 4.70. The van der Waals surface area contributed by atoms with Gasteiger partial charge < -0.3 is 16.4 Å². The van der Waals surface area contributed by atoms with Gasteiger partial charge in [0.2, 0.25) is 5.95 Å². The Bertz CT molecular complexity index is 886. The minimum Gasteiger partial charge on any atom is -0.366 e. The van der Waals surface area contributed by atoms with Gasteiger partial charge >= 0.3 is 0 Å². The zero-order valence-corrected chi connectivity index (χ0v) is 15.0. The smallest absolute Gasteiger partial charge is 0.250 e. The number of halogens is 2. The third kappa shape index (κ3) is 3.85. The minimum absolute atomic E-state index is 0.0347. The predicted molar refractivity (Wildman–Crippen MR) is 105 cm³/mol. The van der Waals surface area contributed by atoms with Gasteiger partial charge in [-0.2, -0.15) is 4.39 Å². The predicted octanol–water partition coefficient (Wildman–Crippen LogP) is 1.63. The Morgan fingerprint density at radius 3 is 2.81 bits per heavy atom. The van der Waals surface area contributed by atoms with Crippen LogP contribution in [0.25, 0.3) is 0 Å². The van der Waals surface area contributed by atoms with Crippen molar-refractivity contribution in [2.75, 3.05) is 18.4 Å². The highest BCUT2D eigenvalue weighted by atomic mass is 19.1. The van der Waals surface area contributed by atoms with Gasteiger partial charge in [0.05, 0.1) is 22.5 Å². The number of nitrogens with one attached hydrogen (secondary N) is 3. The van der Waals surface area contributed by atoms with Gasteiger partial charge in [-0.05, 0) is 61.1 Å². The Morgan fingerprint density at radius 2 is 2.19 bits per heavy atom. The molecular weight excluding hydrogens is 349 g/mol. The Kier molecular flexibility index (Phi) is 5.27. The van der Waals surface area contributed by atoms with Crippen molar-refractivity contribution in [1.29, 1.82) is 5.41 Å². The zero-order valence-electron chi connectivity index (χ0n) is 15.0. The van der Waals surface area contributed by atoms with Crippen molar-refractivity contribution < 1.29 is 13.6 Å². The largest absolute Gasteiger partial charge is 0.366 e. The van der Waals surface area contributed by atoms with E-state index in [1.54, 1.807) is 6.07 Å². The molecule has 0 bridgehead atoms. The number of benzene rings is 1. The monoisotopic (exact) mass is 370 g/mol. The first kappa shape index (κ1) is 19.0. The third-order valence-electron chi connectivity index (χ3n) is 5.07. The van der Waals surface area contributed by atoms with Crippen LogP contribution in [-0.2, 0) is 10.1 Å². The van der Waals surface area contributed by atoms with E-state index in [1.165, 1.54) is 30.4 Å². The summed E-state index contributed by atoms with van der Waals surface area (Å²) in [4.78, 5) is 11.3. The van der Waals surface area contributed by atoms with Gasteiger partial charge in [0.25, 0.3) is 5.91 Å². The maximum absolute atomic E-state index is 14.6. The SMILES string of the molecule is BC1(c2ccc(N/C(F)=C3/C=CC=C(C(N)=O)C3=N)c(F)c2)CCCNC1. The number of nitrogens with two attached hydrogens (primary N) is 1. The molecule has 1 aromatic carbocycles. The Hall–Kier alpha value is -2.74. The molecule has 0 radical (unpaired) electrons. The molecular formula is C19H21BF2N4O. The van der Waals surface area contributed by atoms with E-state index in [2.05, 4.69) is 18.5 Å². The fourth-order valence-corrected chi connectivity index (χ4v) is 3.42. The summed E-state index contributed by atoms with van der Waals surface area (Å²) < 4.78 is 29.2. The molecule has 0 spiro atoms. The lowest BCUT2D eigenvalue weighted by Gasteiger charge is -2.35. The van der Waals surface area contributed by atoms with Crippen LogP contribution < -0.4 is 16.4 Å². The number of allylic oxidation sites excluding steroid dienone is 4. The molecule has 1 aliphatic carbocycles. The summed E-state index contributed by atoms with van der Waals surface area (Å²) in [5, 5.41) is 13.4. The van der Waals surface area contributed by atoms with Gasteiger partial charge in [-0.1, -0.05) is 12.1 Å². The van der Waals surface area contributed by atoms with Gasteiger partial charge in [0.15, 0.2) is 0 Å². The number of primary amides is 1. The van der Waals surface area contributed by atoms with Crippen LogP contribution in [0.1, 0.15) is 18.4 Å². The fourth-order valence-electron chi connectivity index (χ4n) is 3.42. The molecule has 0 saturated carbocycles. The molecule has 27 heavy (non-hydrogen) atoms. The van der Waals surface area contributed by atoms with Gasteiger partial charge in [-0.25, -0.2) is 4.39 Å². The minimum atomic E-state index is -0.916. The topological polar surface area (TPSA) is 91.0 Å². The Labute approximate surface area is 157 Å². The lowest BCUT2D eigenvalue weighted by molar-refractivity contribution is -0.114. The first-order chi connectivity index (χ1) is 12.8. The summed E-state index contributed by atoms with van der Waals surface area (Å²) in [7, 11) is 2.08. The molecule has 1 unspecified atom stereocenters. The molecule has 1 aromatic rings. The van der Waals surface area contributed by atoms with Crippen molar-refractivity contribution in [1.82, 2.24) is 5.32 Å². The zero-order chi connectivity index (χ0) is 19.6. The Morgan fingerprint density at radius 1 is 1.41 bits per heavy atom. The first-order valence-corrected chi connectivity index (χ1v) is 8.77. The van der Waals surface area contributed by atoms with E-state index >= 15 is 0 Å². The highest BCUT2D eigenvalue weighted by Crippen LogP contribution is 2.31. The quantitative estimate of drug-likeness (QED) is 0.480. The normalized spacial score (nSPS) is 24.4. The number of piperidine rings is 1. The van der Waals surface area contributed by atoms with Crippen LogP contribution >= 0.6 is 0 Å². The van der Waals surface area contributed by atoms with E-state index in [0.717, 1.165) is 31.5 Å². The molecule has 5 nitrogen and oxygen atoms in total. The van der Waals surface area contributed by atoms with E-state index in [9.17, 15) is 13.6 Å². The second-order valence-corrected chi connectivity index (χ2v) is 7.07. The van der Waals surface area contributed by atoms with E-state index < -0.39 is 17.7 Å². The van der Waals surface area contributed by atoms with Crippen LogP contribution in [0, 0.1) is 11.2 Å². The van der Waals surface area contributed by atoms with Gasteiger partial charge in [-0.3, -0.25) is 10.2 Å². The van der Waals surface area contributed by atoms with Crippen LogP contribution in [-0.4, -0.2) is 32.6 Å². The second kappa shape index (κ2) is 7.48. The molecule has 140 valence electrons. The maximum atomic E-state index is 14.6. The molecule has 2 aliphatic rings. The van der Waals surface area contributed by atoms with E-state index in [4.69, 9.17) is 11.1 Å². The van der Waals surface area contributed by atoms with Crippen LogP contribution in [0.15, 0.2) is 53.5 Å². The molecule has 1 heterocycles. The van der Waals surface area contributed by atoms with Gasteiger partial charge in [-0.15, -0.1) is 0 Å². The summed E-state index contributed by atoms with van der Waals surface area (Å²) in [6.07, 6.45) is 6.07. The van der Waals surface area contributed by atoms with Crippen LogP contribution in [0.4, 0.5) is 14.5 Å². The molecule has 0 aromatic heterocycles. The number of hydrogen-bond acceptors (Lipinski definition) is 4. The molecule has 1 amide bonds. The van der Waals surface area contributed by atoms with Crippen LogP contribution in [0.3, 0.4) is 0 Å². The van der Waals surface area contributed by atoms with Crippen molar-refractivity contribution in [2.45, 2.75) is 18.2 Å². The van der Waals surface area contributed by atoms with Crippen molar-refractivity contribution in [3.63, 3.8) is 0 Å². The standard InChI is InChI=1S/C19H21BF2N4O/c20-19(7-2-8-25-10-19)11-5-6-15(14(21)9-11)26-17(22)12-3-1-4-13(16(12)23)18(24)27/h1,3-6,9,23,25-26H,2,7-8,10,20H2,(H2,24,27)/b17-12-,23-16?. The first-order valence-electron chi connectivity index (χ1n) is 8.77. The third-order valence-corrected chi connectivity index (χ3v) is 5.07. The van der Waals surface area contributed by atoms with E-state index in [0.29, 0.717) is 0 Å². The summed E-state index contributed by atoms with van der Waals surface area (Å²) >= 11 is 0. The number of hydrogen-bond donors (Lipinski definition) is 4. The number of carbonyl (C=O) groups excluding carboxylic acids is 1. The molecule has 1 atom stereocenters. The van der Waals surface area contributed by atoms with Crippen molar-refractivity contribution in [3.05, 3.63) is 64.9 Å². The van der Waals surface area contributed by atoms with Crippen LogP contribution in [0.2, 0.25) is 0 Å². The summed E-state index contributed by atoms with van der Waals surface area (Å²) in [6.45, 7) is 1.72. The van der Waals surface area contributed by atoms with Crippen LogP contribution in [0.5, 0.6) is 0 Å². The molecule has 1 aliphatic heterocycles. The number of carbonyl (C=O) groups is 1. The van der Waals surface area contributed by atoms with Crippen molar-refractivity contribution in [3.8, 4) is 0 Å². The maximum Gasteiger partial charge on any atom is 0.250 e. The highest BCUT2D eigenvalue weighted by molar-refractivity contribution is 6.28. The number of amides is 1. The average Bonchev–Trinajstić information content (AvgIpc) is 2.63. The van der Waals surface area contributed by atoms with Crippen molar-refractivity contribution in [2.24, 2.45) is 5.73 Å². The summed E-state index contributed by atoms with van der Waals surface area (Å²) in [5.74, 6) is -2.31. The molecule has 5 N–H and O–H groups in total. The van der Waals surface area contributed by atoms with Gasteiger partial charge in [0, 0.05) is 0 Å². The van der Waals surface area contributed by atoms with E-state index in [1.807, 2.05) is 0 Å². The lowest BCUT2D eigenvalue weighted by Crippen LogP contribution is -2.43. The fraction of sp³-hybridized carbons (Fsp3) is 0.263. The van der Waals surface area contributed by atoms with E-state index in [-0.39, 0.29) is 27.9 Å². The molecule has 8 heteroatoms. The average molecular weight is 370 g/mol.